The fourth-order valence-corrected chi connectivity index (χ4v) is 1.94. The second-order valence-electron chi connectivity index (χ2n) is 4.99. The molecule has 2 N–H and O–H groups in total. The summed E-state index contributed by atoms with van der Waals surface area (Å²) in [6.45, 7) is 3.37. The molecule has 0 bridgehead atoms. The zero-order valence-electron chi connectivity index (χ0n) is 11.6. The maximum Gasteiger partial charge on any atom is 0.471 e. The topological polar surface area (TPSA) is 66.4 Å². The summed E-state index contributed by atoms with van der Waals surface area (Å²) in [5.41, 5.74) is 0.632. The van der Waals surface area contributed by atoms with Gasteiger partial charge >= 0.3 is 18.1 Å². The Hall–Kier alpha value is -2.05. The van der Waals surface area contributed by atoms with Gasteiger partial charge in [0.2, 0.25) is 0 Å². The van der Waals surface area contributed by atoms with Crippen LogP contribution in [-0.4, -0.2) is 29.7 Å². The summed E-state index contributed by atoms with van der Waals surface area (Å²) in [4.78, 5) is 21.8. The van der Waals surface area contributed by atoms with Crippen LogP contribution in [0.3, 0.4) is 0 Å². The Morgan fingerprint density at radius 3 is 2.38 bits per heavy atom. The van der Waals surface area contributed by atoms with E-state index < -0.39 is 24.0 Å². The van der Waals surface area contributed by atoms with Gasteiger partial charge in [0.25, 0.3) is 0 Å². The van der Waals surface area contributed by atoms with E-state index in [9.17, 15) is 22.8 Å². The third kappa shape index (κ3) is 4.77. The molecule has 116 valence electrons. The Balaban J connectivity index is 2.90. The first-order valence-corrected chi connectivity index (χ1v) is 6.31. The van der Waals surface area contributed by atoms with Gasteiger partial charge in [-0.15, -0.1) is 0 Å². The molecular formula is C14H16F3NO3. The number of halogens is 3. The smallest absolute Gasteiger partial charge is 0.471 e. The molecule has 0 saturated heterocycles. The number of benzene rings is 1. The molecule has 1 aromatic rings. The van der Waals surface area contributed by atoms with Crippen LogP contribution >= 0.6 is 0 Å². The quantitative estimate of drug-likeness (QED) is 0.879. The third-order valence-corrected chi connectivity index (χ3v) is 3.11. The molecule has 1 atom stereocenters. The second kappa shape index (κ2) is 6.60. The predicted molar refractivity (Wildman–Crippen MR) is 70.0 cm³/mol. The first-order chi connectivity index (χ1) is 9.62. The number of carboxylic acid groups (broad SMARTS) is 1. The zero-order valence-corrected chi connectivity index (χ0v) is 11.6. The fourth-order valence-electron chi connectivity index (χ4n) is 1.94. The largest absolute Gasteiger partial charge is 0.478 e. The standard InChI is InChI=1S/C14H16F3NO3/c1-8(2)11(7-18-13(21)14(15,16)17)9-4-3-5-10(6-9)12(19)20/h3-6,8,11H,7H2,1-2H3,(H,18,21)(H,19,20). The summed E-state index contributed by atoms with van der Waals surface area (Å²) in [7, 11) is 0. The van der Waals surface area contributed by atoms with Gasteiger partial charge in [-0.2, -0.15) is 13.2 Å². The number of nitrogens with one attached hydrogen (secondary N) is 1. The molecule has 0 saturated carbocycles. The van der Waals surface area contributed by atoms with Crippen molar-refractivity contribution in [3.05, 3.63) is 35.4 Å². The lowest BCUT2D eigenvalue weighted by atomic mass is 9.87. The Morgan fingerprint density at radius 2 is 1.90 bits per heavy atom. The molecule has 0 spiro atoms. The number of hydrogen-bond acceptors (Lipinski definition) is 2. The molecular weight excluding hydrogens is 287 g/mol. The van der Waals surface area contributed by atoms with Crippen LogP contribution in [0.1, 0.15) is 35.7 Å². The molecule has 0 fully saturated rings. The van der Waals surface area contributed by atoms with Crippen molar-refractivity contribution in [3.63, 3.8) is 0 Å². The lowest BCUT2D eigenvalue weighted by molar-refractivity contribution is -0.173. The Labute approximate surface area is 120 Å². The number of aromatic carboxylic acids is 1. The summed E-state index contributed by atoms with van der Waals surface area (Å²) in [5, 5.41) is 10.8. The number of alkyl halides is 3. The molecule has 0 radical (unpaired) electrons. The monoisotopic (exact) mass is 303 g/mol. The van der Waals surface area contributed by atoms with Gasteiger partial charge in [0, 0.05) is 12.5 Å². The van der Waals surface area contributed by atoms with E-state index in [1.165, 1.54) is 18.2 Å². The van der Waals surface area contributed by atoms with E-state index in [4.69, 9.17) is 5.11 Å². The van der Waals surface area contributed by atoms with Crippen LogP contribution in [0.25, 0.3) is 0 Å². The van der Waals surface area contributed by atoms with E-state index in [2.05, 4.69) is 0 Å². The van der Waals surface area contributed by atoms with Crippen LogP contribution in [0.4, 0.5) is 13.2 Å². The molecule has 1 aromatic carbocycles. The maximum absolute atomic E-state index is 12.2. The molecule has 21 heavy (non-hydrogen) atoms. The molecule has 7 heteroatoms. The third-order valence-electron chi connectivity index (χ3n) is 3.11. The molecule has 0 aliphatic rings. The Bertz CT molecular complexity index is 526. The molecule has 1 rings (SSSR count). The highest BCUT2D eigenvalue weighted by molar-refractivity contribution is 5.87. The minimum Gasteiger partial charge on any atom is -0.478 e. The molecule has 4 nitrogen and oxygen atoms in total. The van der Waals surface area contributed by atoms with Crippen molar-refractivity contribution in [2.45, 2.75) is 25.9 Å². The van der Waals surface area contributed by atoms with Gasteiger partial charge in [0.15, 0.2) is 0 Å². The van der Waals surface area contributed by atoms with Gasteiger partial charge in [-0.05, 0) is 23.6 Å². The van der Waals surface area contributed by atoms with E-state index in [0.717, 1.165) is 0 Å². The van der Waals surface area contributed by atoms with E-state index in [-0.39, 0.29) is 18.0 Å². The van der Waals surface area contributed by atoms with Crippen molar-refractivity contribution in [2.24, 2.45) is 5.92 Å². The van der Waals surface area contributed by atoms with Gasteiger partial charge < -0.3 is 10.4 Å². The van der Waals surface area contributed by atoms with Crippen molar-refractivity contribution < 1.29 is 27.9 Å². The predicted octanol–water partition coefficient (Wildman–Crippen LogP) is 2.80. The fraction of sp³-hybridized carbons (Fsp3) is 0.429. The van der Waals surface area contributed by atoms with Crippen LogP contribution < -0.4 is 5.32 Å². The minimum atomic E-state index is -4.93. The van der Waals surface area contributed by atoms with Gasteiger partial charge in [0.05, 0.1) is 5.56 Å². The summed E-state index contributed by atoms with van der Waals surface area (Å²) in [6, 6.07) is 5.97. The SMILES string of the molecule is CC(C)C(CNC(=O)C(F)(F)F)c1cccc(C(=O)O)c1. The van der Waals surface area contributed by atoms with Crippen molar-refractivity contribution in [3.8, 4) is 0 Å². The summed E-state index contributed by atoms with van der Waals surface area (Å²) in [6.07, 6.45) is -4.93. The summed E-state index contributed by atoms with van der Waals surface area (Å²) >= 11 is 0. The number of carboxylic acids is 1. The molecule has 0 aliphatic carbocycles. The van der Waals surface area contributed by atoms with Gasteiger partial charge in [0.1, 0.15) is 0 Å². The van der Waals surface area contributed by atoms with E-state index >= 15 is 0 Å². The molecule has 0 aromatic heterocycles. The summed E-state index contributed by atoms with van der Waals surface area (Å²) < 4.78 is 36.6. The average molecular weight is 303 g/mol. The van der Waals surface area contributed by atoms with Crippen LogP contribution in [0.2, 0.25) is 0 Å². The van der Waals surface area contributed by atoms with E-state index in [1.54, 1.807) is 19.9 Å². The summed E-state index contributed by atoms with van der Waals surface area (Å²) in [5.74, 6) is -3.58. The van der Waals surface area contributed by atoms with Gasteiger partial charge in [-0.25, -0.2) is 4.79 Å². The van der Waals surface area contributed by atoms with Crippen molar-refractivity contribution in [1.82, 2.24) is 5.32 Å². The molecule has 1 amide bonds. The zero-order chi connectivity index (χ0) is 16.2. The molecule has 0 heterocycles. The first-order valence-electron chi connectivity index (χ1n) is 6.31. The molecule has 1 unspecified atom stereocenters. The highest BCUT2D eigenvalue weighted by Gasteiger charge is 2.38. The average Bonchev–Trinajstić information content (AvgIpc) is 2.37. The van der Waals surface area contributed by atoms with Crippen LogP contribution in [-0.2, 0) is 4.79 Å². The van der Waals surface area contributed by atoms with E-state index in [1.807, 2.05) is 5.32 Å². The van der Waals surface area contributed by atoms with Gasteiger partial charge in [-0.3, -0.25) is 4.79 Å². The lowest BCUT2D eigenvalue weighted by Crippen LogP contribution is -2.39. The van der Waals surface area contributed by atoms with Gasteiger partial charge in [-0.1, -0.05) is 26.0 Å². The van der Waals surface area contributed by atoms with Crippen molar-refractivity contribution in [1.29, 1.82) is 0 Å². The van der Waals surface area contributed by atoms with Crippen LogP contribution in [0, 0.1) is 5.92 Å². The Kier molecular flexibility index (Phi) is 5.34. The number of carbonyl (C=O) groups excluding carboxylic acids is 1. The lowest BCUT2D eigenvalue weighted by Gasteiger charge is -2.22. The first kappa shape index (κ1) is 17.0. The van der Waals surface area contributed by atoms with Crippen LogP contribution in [0.15, 0.2) is 24.3 Å². The van der Waals surface area contributed by atoms with Crippen molar-refractivity contribution >= 4 is 11.9 Å². The normalized spacial score (nSPS) is 13.0. The second-order valence-corrected chi connectivity index (χ2v) is 4.99. The van der Waals surface area contributed by atoms with E-state index in [0.29, 0.717) is 5.56 Å². The molecule has 0 aliphatic heterocycles. The number of rotatable bonds is 5. The van der Waals surface area contributed by atoms with Crippen LogP contribution in [0.5, 0.6) is 0 Å². The Morgan fingerprint density at radius 1 is 1.29 bits per heavy atom. The highest BCUT2D eigenvalue weighted by Crippen LogP contribution is 2.25. The maximum atomic E-state index is 12.2. The number of hydrogen-bond donors (Lipinski definition) is 2. The number of carbonyl (C=O) groups is 2. The number of amides is 1. The minimum absolute atomic E-state index is 0.0558. The highest BCUT2D eigenvalue weighted by atomic mass is 19.4. The van der Waals surface area contributed by atoms with Crippen molar-refractivity contribution in [2.75, 3.05) is 6.54 Å².